The van der Waals surface area contributed by atoms with E-state index in [9.17, 15) is 13.6 Å². The molecule has 0 aliphatic heterocycles. The van der Waals surface area contributed by atoms with Gasteiger partial charge in [-0.15, -0.1) is 0 Å². The Morgan fingerprint density at radius 1 is 1.38 bits per heavy atom. The highest BCUT2D eigenvalue weighted by atomic mass is 19.1. The smallest absolute Gasteiger partial charge is 0.254 e. The maximum absolute atomic E-state index is 13.2. The normalized spacial score (nSPS) is 23.7. The van der Waals surface area contributed by atoms with Crippen LogP contribution in [0.25, 0.3) is 0 Å². The van der Waals surface area contributed by atoms with Crippen LogP contribution in [0.1, 0.15) is 23.2 Å². The van der Waals surface area contributed by atoms with Crippen molar-refractivity contribution >= 4 is 5.91 Å². The lowest BCUT2D eigenvalue weighted by Gasteiger charge is -2.32. The van der Waals surface area contributed by atoms with Gasteiger partial charge in [0.15, 0.2) is 0 Å². The molecule has 3 N–H and O–H groups in total. The second kappa shape index (κ2) is 4.17. The van der Waals surface area contributed by atoms with Gasteiger partial charge in [0.2, 0.25) is 0 Å². The van der Waals surface area contributed by atoms with Crippen molar-refractivity contribution < 1.29 is 13.6 Å². The van der Waals surface area contributed by atoms with Crippen LogP contribution in [-0.4, -0.2) is 18.0 Å². The molecule has 1 aromatic carbocycles. The molecule has 3 nitrogen and oxygen atoms in total. The van der Waals surface area contributed by atoms with E-state index in [2.05, 4.69) is 5.32 Å². The highest BCUT2D eigenvalue weighted by molar-refractivity contribution is 5.94. The molecule has 1 saturated carbocycles. The molecule has 0 heterocycles. The molecular formula is C11H12F2N2O. The maximum atomic E-state index is 13.2. The Hall–Kier alpha value is -1.49. The van der Waals surface area contributed by atoms with Crippen molar-refractivity contribution in [3.8, 4) is 0 Å². The molecule has 0 radical (unpaired) electrons. The van der Waals surface area contributed by atoms with Crippen LogP contribution in [0.2, 0.25) is 0 Å². The van der Waals surface area contributed by atoms with Crippen molar-refractivity contribution in [2.75, 3.05) is 0 Å². The van der Waals surface area contributed by atoms with Gasteiger partial charge in [-0.3, -0.25) is 4.79 Å². The van der Waals surface area contributed by atoms with E-state index >= 15 is 0 Å². The molecule has 0 saturated heterocycles. The standard InChI is InChI=1S/C11H12F2N2O/c12-6-1-2-10(13)9(3-6)11(16)15-8-4-7(14)5-8/h1-3,7-8H,4-5,14H2,(H,15,16). The van der Waals surface area contributed by atoms with Crippen LogP contribution in [0.15, 0.2) is 18.2 Å². The number of nitrogens with two attached hydrogens (primary N) is 1. The summed E-state index contributed by atoms with van der Waals surface area (Å²) in [6, 6.07) is 2.89. The summed E-state index contributed by atoms with van der Waals surface area (Å²) < 4.78 is 26.1. The van der Waals surface area contributed by atoms with Crippen LogP contribution in [-0.2, 0) is 0 Å². The van der Waals surface area contributed by atoms with E-state index in [4.69, 9.17) is 5.73 Å². The molecule has 1 fully saturated rings. The summed E-state index contributed by atoms with van der Waals surface area (Å²) >= 11 is 0. The highest BCUT2D eigenvalue weighted by Gasteiger charge is 2.28. The lowest BCUT2D eigenvalue weighted by Crippen LogP contribution is -2.50. The van der Waals surface area contributed by atoms with Crippen LogP contribution in [0.5, 0.6) is 0 Å². The fraction of sp³-hybridized carbons (Fsp3) is 0.364. The number of halogens is 2. The molecule has 0 spiro atoms. The van der Waals surface area contributed by atoms with Gasteiger partial charge in [0.1, 0.15) is 11.6 Å². The lowest BCUT2D eigenvalue weighted by molar-refractivity contribution is 0.0905. The van der Waals surface area contributed by atoms with E-state index in [1.165, 1.54) is 0 Å². The summed E-state index contributed by atoms with van der Waals surface area (Å²) in [6.45, 7) is 0. The fourth-order valence-corrected chi connectivity index (χ4v) is 1.71. The molecule has 1 aliphatic carbocycles. The molecule has 0 bridgehead atoms. The third-order valence-electron chi connectivity index (χ3n) is 2.68. The zero-order valence-electron chi connectivity index (χ0n) is 8.54. The van der Waals surface area contributed by atoms with E-state index in [0.29, 0.717) is 12.8 Å². The second-order valence-electron chi connectivity index (χ2n) is 4.03. The van der Waals surface area contributed by atoms with Crippen molar-refractivity contribution in [2.45, 2.75) is 24.9 Å². The Balaban J connectivity index is 2.05. The quantitative estimate of drug-likeness (QED) is 0.795. The van der Waals surface area contributed by atoms with E-state index in [0.717, 1.165) is 18.2 Å². The minimum atomic E-state index is -0.720. The molecule has 0 aromatic heterocycles. The van der Waals surface area contributed by atoms with Gasteiger partial charge in [-0.2, -0.15) is 0 Å². The SMILES string of the molecule is NC1CC(NC(=O)c2cc(F)ccc2F)C1. The van der Waals surface area contributed by atoms with Crippen molar-refractivity contribution in [2.24, 2.45) is 5.73 Å². The van der Waals surface area contributed by atoms with Crippen molar-refractivity contribution in [1.82, 2.24) is 5.32 Å². The predicted molar refractivity (Wildman–Crippen MR) is 54.8 cm³/mol. The maximum Gasteiger partial charge on any atom is 0.254 e. The van der Waals surface area contributed by atoms with Crippen LogP contribution in [0.3, 0.4) is 0 Å². The van der Waals surface area contributed by atoms with E-state index in [1.54, 1.807) is 0 Å². The first-order chi connectivity index (χ1) is 7.56. The lowest BCUT2D eigenvalue weighted by atomic mass is 9.87. The Kier molecular flexibility index (Phi) is 2.87. The number of hydrogen-bond donors (Lipinski definition) is 2. The average molecular weight is 226 g/mol. The third-order valence-corrected chi connectivity index (χ3v) is 2.68. The molecule has 1 amide bonds. The third kappa shape index (κ3) is 2.19. The Morgan fingerprint density at radius 3 is 2.69 bits per heavy atom. The Morgan fingerprint density at radius 2 is 2.06 bits per heavy atom. The van der Waals surface area contributed by atoms with Gasteiger partial charge in [-0.05, 0) is 31.0 Å². The Bertz CT molecular complexity index is 416. The number of nitrogens with one attached hydrogen (secondary N) is 1. The first kappa shape index (κ1) is 11.0. The summed E-state index contributed by atoms with van der Waals surface area (Å²) in [5.41, 5.74) is 5.29. The van der Waals surface area contributed by atoms with Gasteiger partial charge in [0.05, 0.1) is 5.56 Å². The zero-order valence-corrected chi connectivity index (χ0v) is 8.54. The van der Waals surface area contributed by atoms with Gasteiger partial charge in [-0.1, -0.05) is 0 Å². The largest absolute Gasteiger partial charge is 0.349 e. The molecule has 5 heteroatoms. The number of carbonyl (C=O) groups is 1. The highest BCUT2D eigenvalue weighted by Crippen LogP contribution is 2.18. The van der Waals surface area contributed by atoms with E-state index < -0.39 is 17.5 Å². The summed E-state index contributed by atoms with van der Waals surface area (Å²) in [4.78, 5) is 11.6. The van der Waals surface area contributed by atoms with E-state index in [1.807, 2.05) is 0 Å². The van der Waals surface area contributed by atoms with Crippen molar-refractivity contribution in [3.63, 3.8) is 0 Å². The zero-order chi connectivity index (χ0) is 11.7. The fourth-order valence-electron chi connectivity index (χ4n) is 1.71. The van der Waals surface area contributed by atoms with Gasteiger partial charge >= 0.3 is 0 Å². The molecule has 0 atom stereocenters. The number of benzene rings is 1. The average Bonchev–Trinajstić information content (AvgIpc) is 2.19. The van der Waals surface area contributed by atoms with Crippen molar-refractivity contribution in [1.29, 1.82) is 0 Å². The molecule has 86 valence electrons. The summed E-state index contributed by atoms with van der Waals surface area (Å²) in [5.74, 6) is -1.94. The monoisotopic (exact) mass is 226 g/mol. The second-order valence-corrected chi connectivity index (χ2v) is 4.03. The van der Waals surface area contributed by atoms with Crippen LogP contribution in [0.4, 0.5) is 8.78 Å². The minimum absolute atomic E-state index is 0.0230. The van der Waals surface area contributed by atoms with Crippen LogP contribution >= 0.6 is 0 Å². The number of rotatable bonds is 2. The summed E-state index contributed by atoms with van der Waals surface area (Å²) in [6.07, 6.45) is 1.37. The summed E-state index contributed by atoms with van der Waals surface area (Å²) in [7, 11) is 0. The molecule has 16 heavy (non-hydrogen) atoms. The van der Waals surface area contributed by atoms with Gasteiger partial charge in [0, 0.05) is 12.1 Å². The van der Waals surface area contributed by atoms with Crippen LogP contribution < -0.4 is 11.1 Å². The summed E-state index contributed by atoms with van der Waals surface area (Å²) in [5, 5.41) is 2.61. The predicted octanol–water partition coefficient (Wildman–Crippen LogP) is 1.18. The van der Waals surface area contributed by atoms with Crippen LogP contribution in [0, 0.1) is 11.6 Å². The molecular weight excluding hydrogens is 214 g/mol. The van der Waals surface area contributed by atoms with Gasteiger partial charge in [0.25, 0.3) is 5.91 Å². The first-order valence-electron chi connectivity index (χ1n) is 5.08. The molecule has 2 rings (SSSR count). The first-order valence-corrected chi connectivity index (χ1v) is 5.08. The molecule has 1 aromatic rings. The number of hydrogen-bond acceptors (Lipinski definition) is 2. The topological polar surface area (TPSA) is 55.1 Å². The molecule has 0 unspecified atom stereocenters. The van der Waals surface area contributed by atoms with Gasteiger partial charge in [-0.25, -0.2) is 8.78 Å². The Labute approximate surface area is 91.6 Å². The number of carbonyl (C=O) groups excluding carboxylic acids is 1. The molecule has 1 aliphatic rings. The number of amides is 1. The van der Waals surface area contributed by atoms with E-state index in [-0.39, 0.29) is 17.6 Å². The van der Waals surface area contributed by atoms with Gasteiger partial charge < -0.3 is 11.1 Å². The minimum Gasteiger partial charge on any atom is -0.349 e. The van der Waals surface area contributed by atoms with Crippen molar-refractivity contribution in [3.05, 3.63) is 35.4 Å².